The highest BCUT2D eigenvalue weighted by Gasteiger charge is 2.32. The van der Waals surface area contributed by atoms with E-state index in [1.54, 1.807) is 20.8 Å². The molecule has 0 saturated carbocycles. The molecular formula is C56H70N8O14. The molecule has 0 bridgehead atoms. The number of hydrogen-bond acceptors (Lipinski definition) is 16. The number of nitrogens with zero attached hydrogens (tertiary/aromatic N) is 3. The number of benzene rings is 4. The first-order chi connectivity index (χ1) is 37.9. The summed E-state index contributed by atoms with van der Waals surface area (Å²) in [7, 11) is 0. The summed E-state index contributed by atoms with van der Waals surface area (Å²) in [4.78, 5) is 62.8. The van der Waals surface area contributed by atoms with Crippen LogP contribution in [0.15, 0.2) is 97.1 Å². The molecule has 4 aromatic carbocycles. The molecule has 6 N–H and O–H groups in total. The van der Waals surface area contributed by atoms with Gasteiger partial charge in [-0.25, -0.2) is 19.1 Å². The van der Waals surface area contributed by atoms with Crippen molar-refractivity contribution in [3.8, 4) is 33.6 Å². The second-order valence-electron chi connectivity index (χ2n) is 19.1. The summed E-state index contributed by atoms with van der Waals surface area (Å²) < 4.78 is 52.2. The molecule has 5 aromatic rings. The number of ether oxygens (including phenoxy) is 9. The van der Waals surface area contributed by atoms with E-state index in [1.165, 1.54) is 0 Å². The van der Waals surface area contributed by atoms with E-state index < -0.39 is 47.8 Å². The van der Waals surface area contributed by atoms with Gasteiger partial charge in [0.15, 0.2) is 0 Å². The minimum Gasteiger partial charge on any atom is -0.449 e. The monoisotopic (exact) mass is 1080 g/mol. The van der Waals surface area contributed by atoms with Crippen molar-refractivity contribution in [2.75, 3.05) is 106 Å². The molecule has 5 amide bonds. The van der Waals surface area contributed by atoms with Crippen molar-refractivity contribution >= 4 is 30.1 Å². The smallest absolute Gasteiger partial charge is 0.407 e. The number of alkyl carbamates (subject to hydrolysis) is 3. The van der Waals surface area contributed by atoms with Crippen molar-refractivity contribution in [3.63, 3.8) is 0 Å². The van der Waals surface area contributed by atoms with E-state index in [0.717, 1.165) is 50.2 Å². The Kier molecular flexibility index (Phi) is 22.3. The molecule has 1 heterocycles. The van der Waals surface area contributed by atoms with Gasteiger partial charge in [-0.1, -0.05) is 102 Å². The van der Waals surface area contributed by atoms with Gasteiger partial charge in [0.1, 0.15) is 36.7 Å². The van der Waals surface area contributed by atoms with Crippen LogP contribution >= 0.6 is 0 Å². The van der Waals surface area contributed by atoms with Gasteiger partial charge in [0, 0.05) is 42.1 Å². The molecule has 22 nitrogen and oxygen atoms in total. The first-order valence-corrected chi connectivity index (χ1v) is 26.0. The topological polar surface area (TPSA) is 273 Å². The maximum Gasteiger partial charge on any atom is 0.407 e. The zero-order chi connectivity index (χ0) is 55.1. The maximum atomic E-state index is 13.3. The SMILES string of the molecule is CC(C)(C)OC(=O)NC[C@H](NC(=O)OCC1c2ccccc2-c2ccccc21)C(=O)NCCOCCOCCOCCn1nnc2c1-c1ccccc1CC(OC(=O)NCCOCCOCCOCC(N)=O)c1ccccc1-2. The summed E-state index contributed by atoms with van der Waals surface area (Å²) in [5, 5.41) is 19.8. The Morgan fingerprint density at radius 3 is 1.78 bits per heavy atom. The summed E-state index contributed by atoms with van der Waals surface area (Å²) in [6, 6.07) is 30.4. The van der Waals surface area contributed by atoms with E-state index in [2.05, 4.69) is 31.6 Å². The quantitative estimate of drug-likeness (QED) is 0.0297. The van der Waals surface area contributed by atoms with Gasteiger partial charge in [0.05, 0.1) is 91.5 Å². The Balaban J connectivity index is 0.800. The summed E-state index contributed by atoms with van der Waals surface area (Å²) in [5.41, 5.74) is 13.5. The van der Waals surface area contributed by atoms with Crippen LogP contribution in [-0.2, 0) is 65.2 Å². The molecule has 2 aliphatic carbocycles. The number of nitrogens with one attached hydrogen (secondary N) is 4. The lowest BCUT2D eigenvalue weighted by molar-refractivity contribution is -0.123. The van der Waals surface area contributed by atoms with E-state index in [0.29, 0.717) is 58.3 Å². The molecule has 418 valence electrons. The Bertz CT molecular complexity index is 2720. The number of carbonyl (C=O) groups is 5. The molecule has 0 saturated heterocycles. The van der Waals surface area contributed by atoms with Gasteiger partial charge in [-0.15, -0.1) is 5.10 Å². The minimum absolute atomic E-state index is 0.0519. The van der Waals surface area contributed by atoms with Crippen LogP contribution in [0.5, 0.6) is 0 Å². The van der Waals surface area contributed by atoms with Gasteiger partial charge < -0.3 is 69.6 Å². The van der Waals surface area contributed by atoms with Crippen LogP contribution in [0.2, 0.25) is 0 Å². The van der Waals surface area contributed by atoms with Crippen molar-refractivity contribution < 1.29 is 66.6 Å². The normalized spacial score (nSPS) is 13.8. The highest BCUT2D eigenvalue weighted by Crippen LogP contribution is 2.45. The van der Waals surface area contributed by atoms with Crippen molar-refractivity contribution in [1.29, 1.82) is 0 Å². The fourth-order valence-corrected chi connectivity index (χ4v) is 8.82. The summed E-state index contributed by atoms with van der Waals surface area (Å²) in [6.07, 6.45) is -2.34. The first kappa shape index (κ1) is 58.2. The molecule has 0 radical (unpaired) electrons. The van der Waals surface area contributed by atoms with E-state index in [4.69, 9.17) is 48.4 Å². The van der Waals surface area contributed by atoms with Crippen LogP contribution in [0.3, 0.4) is 0 Å². The molecule has 78 heavy (non-hydrogen) atoms. The van der Waals surface area contributed by atoms with E-state index >= 15 is 0 Å². The zero-order valence-corrected chi connectivity index (χ0v) is 44.3. The fraction of sp³-hybridized carbons (Fsp3) is 0.446. The molecule has 0 spiro atoms. The second kappa shape index (κ2) is 29.9. The van der Waals surface area contributed by atoms with Gasteiger partial charge in [-0.3, -0.25) is 9.59 Å². The maximum absolute atomic E-state index is 13.3. The predicted octanol–water partition coefficient (Wildman–Crippen LogP) is 5.07. The number of primary amides is 1. The third-order valence-electron chi connectivity index (χ3n) is 12.3. The Hall–Kier alpha value is -7.47. The van der Waals surface area contributed by atoms with Crippen molar-refractivity contribution in [3.05, 3.63) is 119 Å². The van der Waals surface area contributed by atoms with Gasteiger partial charge in [-0.05, 0) is 48.6 Å². The van der Waals surface area contributed by atoms with Crippen molar-refractivity contribution in [2.45, 2.75) is 57.4 Å². The van der Waals surface area contributed by atoms with Gasteiger partial charge in [-0.2, -0.15) is 0 Å². The first-order valence-electron chi connectivity index (χ1n) is 26.0. The number of fused-ring (bicyclic) bond motifs is 8. The van der Waals surface area contributed by atoms with E-state index in [9.17, 15) is 24.0 Å². The Labute approximate surface area is 453 Å². The highest BCUT2D eigenvalue weighted by molar-refractivity contribution is 5.87. The molecule has 7 rings (SSSR count). The van der Waals surface area contributed by atoms with Crippen LogP contribution in [0.4, 0.5) is 14.4 Å². The Morgan fingerprint density at radius 2 is 1.15 bits per heavy atom. The number of amides is 5. The molecule has 22 heteroatoms. The Morgan fingerprint density at radius 1 is 0.615 bits per heavy atom. The van der Waals surface area contributed by atoms with Crippen LogP contribution in [0.1, 0.15) is 55.0 Å². The lowest BCUT2D eigenvalue weighted by Gasteiger charge is -2.25. The van der Waals surface area contributed by atoms with E-state index in [-0.39, 0.29) is 71.8 Å². The van der Waals surface area contributed by atoms with Gasteiger partial charge in [0.2, 0.25) is 11.8 Å². The number of aromatic nitrogens is 3. The number of hydrogen-bond donors (Lipinski definition) is 5. The average molecular weight is 1080 g/mol. The summed E-state index contributed by atoms with van der Waals surface area (Å²) >= 11 is 0. The zero-order valence-electron chi connectivity index (χ0n) is 44.3. The van der Waals surface area contributed by atoms with Crippen molar-refractivity contribution in [2.24, 2.45) is 5.73 Å². The molecule has 0 aliphatic heterocycles. The fourth-order valence-electron chi connectivity index (χ4n) is 8.82. The van der Waals surface area contributed by atoms with Gasteiger partial charge >= 0.3 is 18.3 Å². The lowest BCUT2D eigenvalue weighted by Crippen LogP contribution is -2.53. The molecule has 0 fully saturated rings. The van der Waals surface area contributed by atoms with Crippen LogP contribution in [0.25, 0.3) is 33.6 Å². The van der Waals surface area contributed by atoms with Gasteiger partial charge in [0.25, 0.3) is 0 Å². The standard InChI is InChI=1S/C56H70N8O14/c1-56(2,3)78-54(68)60-35-47(61-55(69)76-36-46-42-16-8-6-14-40(42)41-15-7-9-17-43(41)46)52(66)58-20-23-70-26-29-73-31-28-72-25-22-64-51-39-13-5-4-12-38(39)34-48(44-18-10-11-19-45(44)50(51)62-63-64)77-53(67)59-21-24-71-27-30-74-32-33-75-37-49(57)65/h4-19,46-48H,20-37H2,1-3H3,(H2,57,65)(H,58,66)(H,59,67)(H,60,68)(H,61,69)/t47-,48?/m0/s1. The molecule has 1 unspecified atom stereocenters. The number of nitrogens with two attached hydrogens (primary N) is 1. The molecule has 1 aromatic heterocycles. The summed E-state index contributed by atoms with van der Waals surface area (Å²) in [5.74, 6) is -1.26. The van der Waals surface area contributed by atoms with Crippen LogP contribution in [0, 0.1) is 0 Å². The van der Waals surface area contributed by atoms with E-state index in [1.807, 2.05) is 102 Å². The predicted molar refractivity (Wildman–Crippen MR) is 285 cm³/mol. The number of rotatable bonds is 30. The molecular weight excluding hydrogens is 1010 g/mol. The summed E-state index contributed by atoms with van der Waals surface area (Å²) in [6.45, 7) is 8.69. The molecule has 2 atom stereocenters. The van der Waals surface area contributed by atoms with Crippen molar-refractivity contribution in [1.82, 2.24) is 36.3 Å². The average Bonchev–Trinajstić information content (AvgIpc) is 4.06. The minimum atomic E-state index is -1.17. The largest absolute Gasteiger partial charge is 0.449 e. The lowest BCUT2D eigenvalue weighted by atomic mass is 9.87. The molecule has 2 aliphatic rings. The van der Waals surface area contributed by atoms with Crippen LogP contribution in [-0.4, -0.2) is 162 Å². The number of carbonyl (C=O) groups excluding carboxylic acids is 5. The third kappa shape index (κ3) is 17.5. The van der Waals surface area contributed by atoms with Crippen LogP contribution < -0.4 is 27.0 Å². The second-order valence-corrected chi connectivity index (χ2v) is 19.1. The highest BCUT2D eigenvalue weighted by atomic mass is 16.6. The third-order valence-corrected chi connectivity index (χ3v) is 12.3.